The first-order valence-electron chi connectivity index (χ1n) is 8.38. The van der Waals surface area contributed by atoms with Crippen molar-refractivity contribution in [1.82, 2.24) is 9.80 Å². The van der Waals surface area contributed by atoms with Crippen molar-refractivity contribution in [3.05, 3.63) is 29.8 Å². The minimum Gasteiger partial charge on any atom is -0.497 e. The Hall–Kier alpha value is -2.08. The van der Waals surface area contributed by atoms with Gasteiger partial charge in [-0.2, -0.15) is 0 Å². The summed E-state index contributed by atoms with van der Waals surface area (Å²) in [5.74, 6) is 0.763. The fraction of sp³-hybridized carbons (Fsp3) is 0.556. The fourth-order valence-corrected chi connectivity index (χ4v) is 3.57. The van der Waals surface area contributed by atoms with Crippen molar-refractivity contribution in [2.45, 2.75) is 18.9 Å². The minimum atomic E-state index is -0.229. The molecule has 24 heavy (non-hydrogen) atoms. The number of hydrogen-bond acceptors (Lipinski definition) is 4. The molecule has 0 spiro atoms. The van der Waals surface area contributed by atoms with Gasteiger partial charge in [0.05, 0.1) is 32.3 Å². The number of nitrogens with zero attached hydrogens (tertiary/aromatic N) is 2. The van der Waals surface area contributed by atoms with E-state index < -0.39 is 0 Å². The molecule has 6 nitrogen and oxygen atoms in total. The summed E-state index contributed by atoms with van der Waals surface area (Å²) in [5.41, 5.74) is 0.970. The molecule has 1 aromatic carbocycles. The maximum Gasteiger partial charge on any atom is 0.228 e. The highest BCUT2D eigenvalue weighted by molar-refractivity contribution is 5.85. The van der Waals surface area contributed by atoms with Crippen LogP contribution in [0.4, 0.5) is 0 Å². The average Bonchev–Trinajstić information content (AvgIpc) is 2.64. The summed E-state index contributed by atoms with van der Waals surface area (Å²) in [6.07, 6.45) is 1.01. The molecule has 0 aliphatic carbocycles. The Morgan fingerprint density at radius 2 is 1.88 bits per heavy atom. The molecule has 0 N–H and O–H groups in total. The van der Waals surface area contributed by atoms with Gasteiger partial charge in [-0.15, -0.1) is 0 Å². The van der Waals surface area contributed by atoms with Crippen LogP contribution in [0.25, 0.3) is 0 Å². The summed E-state index contributed by atoms with van der Waals surface area (Å²) < 4.78 is 10.5. The number of likely N-dealkylation sites (tertiary alicyclic amines) is 1. The zero-order chi connectivity index (χ0) is 17.1. The number of ether oxygens (including phenoxy) is 2. The van der Waals surface area contributed by atoms with E-state index in [1.165, 1.54) is 0 Å². The van der Waals surface area contributed by atoms with Gasteiger partial charge < -0.3 is 19.3 Å². The van der Waals surface area contributed by atoms with Crippen molar-refractivity contribution >= 4 is 11.8 Å². The molecule has 2 saturated heterocycles. The molecule has 0 radical (unpaired) electrons. The largest absolute Gasteiger partial charge is 0.497 e. The normalized spacial score (nSPS) is 24.8. The molecule has 0 saturated carbocycles. The summed E-state index contributed by atoms with van der Waals surface area (Å²) in [4.78, 5) is 28.8. The molecule has 0 aromatic heterocycles. The third-order valence-corrected chi connectivity index (χ3v) is 4.96. The van der Waals surface area contributed by atoms with Gasteiger partial charge in [0.15, 0.2) is 0 Å². The Kier molecular flexibility index (Phi) is 5.04. The zero-order valence-corrected chi connectivity index (χ0v) is 14.2. The standard InChI is InChI=1S/C18H24N2O4/c1-19-16(21)8-7-15(18(22)20-9-11-24-12-10-20)17(19)13-3-5-14(23-2)6-4-13/h3-6,15,17H,7-12H2,1-2H3/t15-,17-/m0/s1. The van der Waals surface area contributed by atoms with Gasteiger partial charge in [0.2, 0.25) is 11.8 Å². The number of piperidine rings is 1. The van der Waals surface area contributed by atoms with E-state index in [2.05, 4.69) is 0 Å². The van der Waals surface area contributed by atoms with Gasteiger partial charge in [-0.1, -0.05) is 12.1 Å². The Bertz CT molecular complexity index is 596. The van der Waals surface area contributed by atoms with Gasteiger partial charge in [-0.25, -0.2) is 0 Å². The number of methoxy groups -OCH3 is 1. The Morgan fingerprint density at radius 1 is 1.21 bits per heavy atom. The number of morpholine rings is 1. The average molecular weight is 332 g/mol. The van der Waals surface area contributed by atoms with Crippen LogP contribution in [-0.2, 0) is 14.3 Å². The molecule has 2 fully saturated rings. The summed E-state index contributed by atoms with van der Waals surface area (Å²) in [5, 5.41) is 0. The van der Waals surface area contributed by atoms with Gasteiger partial charge in [-0.3, -0.25) is 9.59 Å². The predicted octanol–water partition coefficient (Wildman–Crippen LogP) is 1.46. The summed E-state index contributed by atoms with van der Waals surface area (Å²) in [6, 6.07) is 7.40. The fourth-order valence-electron chi connectivity index (χ4n) is 3.57. The number of carbonyl (C=O) groups is 2. The second-order valence-corrected chi connectivity index (χ2v) is 6.31. The molecular formula is C18H24N2O4. The first-order chi connectivity index (χ1) is 11.6. The van der Waals surface area contributed by atoms with Crippen molar-refractivity contribution in [1.29, 1.82) is 0 Å². The smallest absolute Gasteiger partial charge is 0.228 e. The van der Waals surface area contributed by atoms with E-state index in [4.69, 9.17) is 9.47 Å². The molecular weight excluding hydrogens is 308 g/mol. The van der Waals surface area contributed by atoms with Crippen molar-refractivity contribution in [2.24, 2.45) is 5.92 Å². The van der Waals surface area contributed by atoms with Crippen LogP contribution in [-0.4, -0.2) is 62.1 Å². The molecule has 1 aromatic rings. The highest BCUT2D eigenvalue weighted by Gasteiger charge is 2.40. The van der Waals surface area contributed by atoms with Crippen LogP contribution >= 0.6 is 0 Å². The van der Waals surface area contributed by atoms with Crippen LogP contribution in [0.1, 0.15) is 24.4 Å². The van der Waals surface area contributed by atoms with Crippen LogP contribution in [0.3, 0.4) is 0 Å². The highest BCUT2D eigenvalue weighted by atomic mass is 16.5. The lowest BCUT2D eigenvalue weighted by atomic mass is 9.83. The van der Waals surface area contributed by atoms with E-state index >= 15 is 0 Å². The van der Waals surface area contributed by atoms with Gasteiger partial charge in [-0.05, 0) is 24.1 Å². The lowest BCUT2D eigenvalue weighted by Gasteiger charge is -2.41. The number of amides is 2. The van der Waals surface area contributed by atoms with Gasteiger partial charge in [0, 0.05) is 26.6 Å². The number of carbonyl (C=O) groups excluding carboxylic acids is 2. The van der Waals surface area contributed by atoms with E-state index in [0.29, 0.717) is 39.1 Å². The van der Waals surface area contributed by atoms with E-state index in [9.17, 15) is 9.59 Å². The van der Waals surface area contributed by atoms with Crippen molar-refractivity contribution in [3.8, 4) is 5.75 Å². The molecule has 0 bridgehead atoms. The molecule has 2 aliphatic rings. The van der Waals surface area contributed by atoms with Crippen LogP contribution in [0, 0.1) is 5.92 Å². The van der Waals surface area contributed by atoms with E-state index in [1.54, 1.807) is 19.1 Å². The van der Waals surface area contributed by atoms with Crippen molar-refractivity contribution in [2.75, 3.05) is 40.5 Å². The molecule has 130 valence electrons. The first kappa shape index (κ1) is 16.8. The topological polar surface area (TPSA) is 59.1 Å². The Labute approximate surface area is 142 Å². The van der Waals surface area contributed by atoms with Crippen LogP contribution in [0.5, 0.6) is 5.75 Å². The third kappa shape index (κ3) is 3.24. The van der Waals surface area contributed by atoms with E-state index in [1.807, 2.05) is 29.2 Å². The summed E-state index contributed by atoms with van der Waals surface area (Å²) in [6.45, 7) is 2.42. The molecule has 2 heterocycles. The maximum absolute atomic E-state index is 13.0. The zero-order valence-electron chi connectivity index (χ0n) is 14.2. The minimum absolute atomic E-state index is 0.0850. The van der Waals surface area contributed by atoms with E-state index in [0.717, 1.165) is 11.3 Å². The predicted molar refractivity (Wildman–Crippen MR) is 88.6 cm³/mol. The number of hydrogen-bond donors (Lipinski definition) is 0. The first-order valence-corrected chi connectivity index (χ1v) is 8.38. The number of benzene rings is 1. The molecule has 2 aliphatic heterocycles. The molecule has 2 amide bonds. The third-order valence-electron chi connectivity index (χ3n) is 4.96. The Morgan fingerprint density at radius 3 is 2.50 bits per heavy atom. The number of rotatable bonds is 3. The van der Waals surface area contributed by atoms with Gasteiger partial charge in [0.25, 0.3) is 0 Å². The second-order valence-electron chi connectivity index (χ2n) is 6.31. The van der Waals surface area contributed by atoms with Crippen LogP contribution < -0.4 is 4.74 Å². The summed E-state index contributed by atoms with van der Waals surface area (Å²) >= 11 is 0. The van der Waals surface area contributed by atoms with Crippen molar-refractivity contribution < 1.29 is 19.1 Å². The lowest BCUT2D eigenvalue weighted by molar-refractivity contribution is -0.149. The van der Waals surface area contributed by atoms with Crippen molar-refractivity contribution in [3.63, 3.8) is 0 Å². The maximum atomic E-state index is 13.0. The van der Waals surface area contributed by atoms with E-state index in [-0.39, 0.29) is 23.8 Å². The van der Waals surface area contributed by atoms with Crippen LogP contribution in [0.2, 0.25) is 0 Å². The molecule has 6 heteroatoms. The summed E-state index contributed by atoms with van der Waals surface area (Å²) in [7, 11) is 3.41. The quantitative estimate of drug-likeness (QED) is 0.841. The van der Waals surface area contributed by atoms with Gasteiger partial charge >= 0.3 is 0 Å². The lowest BCUT2D eigenvalue weighted by Crippen LogP contribution is -2.50. The highest BCUT2D eigenvalue weighted by Crippen LogP contribution is 2.37. The Balaban J connectivity index is 1.86. The second kappa shape index (κ2) is 7.21. The molecule has 0 unspecified atom stereocenters. The SMILES string of the molecule is COc1ccc([C@H]2[C@@H](C(=O)N3CCOCC3)CCC(=O)N2C)cc1. The molecule has 3 rings (SSSR count). The molecule has 2 atom stereocenters. The van der Waals surface area contributed by atoms with Gasteiger partial charge in [0.1, 0.15) is 5.75 Å². The monoisotopic (exact) mass is 332 g/mol. The van der Waals surface area contributed by atoms with Crippen LogP contribution in [0.15, 0.2) is 24.3 Å².